The van der Waals surface area contributed by atoms with Crippen LogP contribution >= 0.6 is 0 Å². The van der Waals surface area contributed by atoms with E-state index in [4.69, 9.17) is 0 Å². The Kier molecular flexibility index (Phi) is 2.32. The fourth-order valence-corrected chi connectivity index (χ4v) is 1.46. The number of ketones is 1. The molecule has 0 fully saturated rings. The van der Waals surface area contributed by atoms with E-state index in [-0.39, 0.29) is 17.5 Å². The van der Waals surface area contributed by atoms with Crippen LogP contribution in [-0.2, 0) is 4.79 Å². The Hall–Kier alpha value is -0.790. The summed E-state index contributed by atoms with van der Waals surface area (Å²) in [6.07, 6.45) is 2.76. The highest BCUT2D eigenvalue weighted by Crippen LogP contribution is 2.27. The van der Waals surface area contributed by atoms with Gasteiger partial charge in [-0.3, -0.25) is 4.79 Å². The first-order chi connectivity index (χ1) is 5.11. The molecular weight excluding hydrogens is 140 g/mol. The third kappa shape index (κ3) is 1.82. The molecule has 0 heterocycles. The van der Waals surface area contributed by atoms with Crippen molar-refractivity contribution >= 4 is 5.78 Å². The summed E-state index contributed by atoms with van der Waals surface area (Å²) in [6.45, 7) is 4.12. The van der Waals surface area contributed by atoms with Crippen molar-refractivity contribution in [1.29, 1.82) is 0 Å². The van der Waals surface area contributed by atoms with Gasteiger partial charge in [0.05, 0.1) is 5.76 Å². The van der Waals surface area contributed by atoms with Gasteiger partial charge in [-0.25, -0.2) is 0 Å². The quantitative estimate of drug-likeness (QED) is 0.627. The van der Waals surface area contributed by atoms with Crippen LogP contribution in [-0.4, -0.2) is 10.9 Å². The maximum absolute atomic E-state index is 10.8. The molecule has 1 rings (SSSR count). The number of hydrogen-bond donors (Lipinski definition) is 1. The Bertz CT molecular complexity index is 192. The van der Waals surface area contributed by atoms with Crippen LogP contribution in [0.1, 0.15) is 26.7 Å². The second-order valence-corrected chi connectivity index (χ2v) is 3.42. The Morgan fingerprint density at radius 1 is 1.64 bits per heavy atom. The monoisotopic (exact) mass is 154 g/mol. The second kappa shape index (κ2) is 3.07. The molecule has 1 atom stereocenters. The van der Waals surface area contributed by atoms with E-state index in [1.807, 2.05) is 0 Å². The second-order valence-electron chi connectivity index (χ2n) is 3.42. The van der Waals surface area contributed by atoms with Crippen LogP contribution in [0.25, 0.3) is 0 Å². The van der Waals surface area contributed by atoms with Crippen molar-refractivity contribution in [2.24, 2.45) is 11.8 Å². The summed E-state index contributed by atoms with van der Waals surface area (Å²) < 4.78 is 0. The predicted molar refractivity (Wildman–Crippen MR) is 43.3 cm³/mol. The largest absolute Gasteiger partial charge is 0.512 e. The van der Waals surface area contributed by atoms with Crippen molar-refractivity contribution in [3.05, 3.63) is 11.8 Å². The normalized spacial score (nSPS) is 25.5. The fourth-order valence-electron chi connectivity index (χ4n) is 1.46. The van der Waals surface area contributed by atoms with Crippen molar-refractivity contribution in [2.45, 2.75) is 26.7 Å². The smallest absolute Gasteiger partial charge is 0.159 e. The average molecular weight is 154 g/mol. The van der Waals surface area contributed by atoms with Crippen LogP contribution in [0.5, 0.6) is 0 Å². The average Bonchev–Trinajstić information content (AvgIpc) is 1.85. The highest BCUT2D eigenvalue weighted by molar-refractivity contribution is 5.90. The predicted octanol–water partition coefficient (Wildman–Crippen LogP) is 2.06. The van der Waals surface area contributed by atoms with E-state index in [2.05, 4.69) is 13.8 Å². The van der Waals surface area contributed by atoms with Gasteiger partial charge in [-0.15, -0.1) is 0 Å². The molecule has 0 aromatic carbocycles. The lowest BCUT2D eigenvalue weighted by molar-refractivity contribution is -0.115. The Labute approximate surface area is 66.9 Å². The van der Waals surface area contributed by atoms with Crippen LogP contribution < -0.4 is 0 Å². The van der Waals surface area contributed by atoms with Crippen molar-refractivity contribution in [3.63, 3.8) is 0 Å². The minimum Gasteiger partial charge on any atom is -0.512 e. The van der Waals surface area contributed by atoms with Crippen LogP contribution in [0.3, 0.4) is 0 Å². The van der Waals surface area contributed by atoms with E-state index in [1.165, 1.54) is 6.08 Å². The maximum Gasteiger partial charge on any atom is 0.159 e. The standard InChI is InChI=1S/C9H14O2/c1-6(2)8-4-3-7(10)5-9(8)11/h5-6,8,11H,3-4H2,1-2H3. The molecule has 2 heteroatoms. The zero-order valence-electron chi connectivity index (χ0n) is 7.00. The van der Waals surface area contributed by atoms with Gasteiger partial charge < -0.3 is 5.11 Å². The first kappa shape index (κ1) is 8.31. The number of aliphatic hydroxyl groups is 1. The van der Waals surface area contributed by atoms with E-state index in [1.54, 1.807) is 0 Å². The summed E-state index contributed by atoms with van der Waals surface area (Å²) in [5, 5.41) is 9.35. The topological polar surface area (TPSA) is 37.3 Å². The molecule has 2 nitrogen and oxygen atoms in total. The molecule has 0 saturated heterocycles. The van der Waals surface area contributed by atoms with Gasteiger partial charge in [-0.1, -0.05) is 13.8 Å². The molecule has 0 spiro atoms. The number of aliphatic hydroxyl groups excluding tert-OH is 1. The van der Waals surface area contributed by atoms with E-state index >= 15 is 0 Å². The summed E-state index contributed by atoms with van der Waals surface area (Å²) in [5.74, 6) is 0.961. The third-order valence-corrected chi connectivity index (χ3v) is 2.20. The van der Waals surface area contributed by atoms with E-state index in [0.29, 0.717) is 12.3 Å². The SMILES string of the molecule is CC(C)C1CCC(=O)C=C1O. The minimum absolute atomic E-state index is 0.0550. The molecule has 1 aliphatic carbocycles. The van der Waals surface area contributed by atoms with Crippen LogP contribution in [0.4, 0.5) is 0 Å². The lowest BCUT2D eigenvalue weighted by Crippen LogP contribution is -2.18. The Morgan fingerprint density at radius 2 is 2.27 bits per heavy atom. The number of hydrogen-bond acceptors (Lipinski definition) is 2. The lowest BCUT2D eigenvalue weighted by atomic mass is 9.85. The highest BCUT2D eigenvalue weighted by atomic mass is 16.3. The molecule has 0 bridgehead atoms. The molecule has 0 aromatic heterocycles. The number of rotatable bonds is 1. The number of carbonyl (C=O) groups is 1. The molecule has 0 radical (unpaired) electrons. The van der Waals surface area contributed by atoms with Crippen molar-refractivity contribution in [1.82, 2.24) is 0 Å². The minimum atomic E-state index is 0.0550. The van der Waals surface area contributed by atoms with E-state index in [9.17, 15) is 9.90 Å². The molecule has 0 aliphatic heterocycles. The van der Waals surface area contributed by atoms with Gasteiger partial charge in [-0.05, 0) is 12.3 Å². The Morgan fingerprint density at radius 3 is 2.73 bits per heavy atom. The summed E-state index contributed by atoms with van der Waals surface area (Å²) in [6, 6.07) is 0. The van der Waals surface area contributed by atoms with Gasteiger partial charge in [0.1, 0.15) is 0 Å². The summed E-state index contributed by atoms with van der Waals surface area (Å²) in [5.41, 5.74) is 0. The highest BCUT2D eigenvalue weighted by Gasteiger charge is 2.23. The molecule has 0 aromatic rings. The molecule has 1 unspecified atom stereocenters. The summed E-state index contributed by atoms with van der Waals surface area (Å²) in [7, 11) is 0. The summed E-state index contributed by atoms with van der Waals surface area (Å²) in [4.78, 5) is 10.8. The van der Waals surface area contributed by atoms with Gasteiger partial charge in [0, 0.05) is 18.4 Å². The fraction of sp³-hybridized carbons (Fsp3) is 0.667. The van der Waals surface area contributed by atoms with Crippen LogP contribution in [0, 0.1) is 11.8 Å². The number of allylic oxidation sites excluding steroid dienone is 2. The van der Waals surface area contributed by atoms with E-state index < -0.39 is 0 Å². The van der Waals surface area contributed by atoms with Gasteiger partial charge in [-0.2, -0.15) is 0 Å². The Balaban J connectivity index is 2.72. The molecule has 11 heavy (non-hydrogen) atoms. The molecule has 1 N–H and O–H groups in total. The molecule has 1 aliphatic rings. The lowest BCUT2D eigenvalue weighted by Gasteiger charge is -2.22. The third-order valence-electron chi connectivity index (χ3n) is 2.20. The zero-order valence-corrected chi connectivity index (χ0v) is 7.00. The maximum atomic E-state index is 10.8. The molecule has 0 amide bonds. The first-order valence-electron chi connectivity index (χ1n) is 4.04. The molecule has 0 saturated carbocycles. The van der Waals surface area contributed by atoms with Gasteiger partial charge in [0.2, 0.25) is 0 Å². The van der Waals surface area contributed by atoms with Crippen molar-refractivity contribution in [3.8, 4) is 0 Å². The van der Waals surface area contributed by atoms with Crippen molar-refractivity contribution < 1.29 is 9.90 Å². The van der Waals surface area contributed by atoms with Gasteiger partial charge in [0.15, 0.2) is 5.78 Å². The van der Waals surface area contributed by atoms with Gasteiger partial charge in [0.25, 0.3) is 0 Å². The van der Waals surface area contributed by atoms with Crippen molar-refractivity contribution in [2.75, 3.05) is 0 Å². The molecular formula is C9H14O2. The first-order valence-corrected chi connectivity index (χ1v) is 4.04. The number of carbonyl (C=O) groups excluding carboxylic acids is 1. The molecule has 62 valence electrons. The van der Waals surface area contributed by atoms with Gasteiger partial charge >= 0.3 is 0 Å². The zero-order chi connectivity index (χ0) is 8.43. The van der Waals surface area contributed by atoms with Crippen LogP contribution in [0.15, 0.2) is 11.8 Å². The summed E-state index contributed by atoms with van der Waals surface area (Å²) >= 11 is 0. The van der Waals surface area contributed by atoms with Crippen LogP contribution in [0.2, 0.25) is 0 Å². The van der Waals surface area contributed by atoms with E-state index in [0.717, 1.165) is 6.42 Å².